The van der Waals surface area contributed by atoms with E-state index in [1.807, 2.05) is 5.01 Å². The van der Waals surface area contributed by atoms with E-state index < -0.39 is 5.97 Å². The predicted octanol–water partition coefficient (Wildman–Crippen LogP) is 1.01. The number of nitrogens with two attached hydrogens (primary N) is 1. The summed E-state index contributed by atoms with van der Waals surface area (Å²) in [5, 5.41) is 9.28. The van der Waals surface area contributed by atoms with Crippen LogP contribution >= 0.6 is 0 Å². The molecule has 0 unspecified atom stereocenters. The van der Waals surface area contributed by atoms with E-state index in [0.717, 1.165) is 26.4 Å². The molecule has 1 heterocycles. The number of rotatable bonds is 0. The smallest absolute Gasteiger partial charge is 0.300 e. The molecule has 0 saturated heterocycles. The topological polar surface area (TPSA) is 66.6 Å². The number of nitrogens with zero attached hydrogens (tertiary/aromatic N) is 1. The van der Waals surface area contributed by atoms with Gasteiger partial charge in [-0.05, 0) is 17.5 Å². The van der Waals surface area contributed by atoms with Crippen molar-refractivity contribution in [2.45, 2.75) is 19.9 Å². The molecule has 0 amide bonds. The molecule has 4 nitrogen and oxygen atoms in total. The van der Waals surface area contributed by atoms with Gasteiger partial charge < -0.3 is 5.11 Å². The first-order chi connectivity index (χ1) is 7.09. The molecule has 0 atom stereocenters. The minimum atomic E-state index is -0.833. The van der Waals surface area contributed by atoms with E-state index in [2.05, 4.69) is 24.3 Å². The second-order valence-electron chi connectivity index (χ2n) is 3.51. The lowest BCUT2D eigenvalue weighted by molar-refractivity contribution is -0.134. The summed E-state index contributed by atoms with van der Waals surface area (Å²) in [5.41, 5.74) is 2.83. The molecule has 1 aliphatic rings. The van der Waals surface area contributed by atoms with Crippen LogP contribution in [0.2, 0.25) is 0 Å². The molecule has 0 bridgehead atoms. The average molecular weight is 208 g/mol. The van der Waals surface area contributed by atoms with Crippen molar-refractivity contribution in [2.24, 2.45) is 5.84 Å². The lowest BCUT2D eigenvalue weighted by Crippen LogP contribution is -2.35. The zero-order valence-corrected chi connectivity index (χ0v) is 8.81. The van der Waals surface area contributed by atoms with Crippen molar-refractivity contribution in [3.05, 3.63) is 35.4 Å². The standard InChI is InChI=1S/C9H12N2.C2H4O2/c10-11-6-5-8-3-1-2-4-9(8)7-11;1-2(3)4/h1-4H,5-7,10H2;1H3,(H,3,4). The Morgan fingerprint density at radius 2 is 1.93 bits per heavy atom. The minimum absolute atomic E-state index is 0.833. The van der Waals surface area contributed by atoms with Crippen LogP contribution in [0.1, 0.15) is 18.1 Å². The monoisotopic (exact) mass is 208 g/mol. The van der Waals surface area contributed by atoms with E-state index in [0.29, 0.717) is 0 Å². The maximum Gasteiger partial charge on any atom is 0.300 e. The van der Waals surface area contributed by atoms with Crippen LogP contribution in [0.25, 0.3) is 0 Å². The number of carbonyl (C=O) groups is 1. The number of carboxylic acid groups (broad SMARTS) is 1. The number of aliphatic carboxylic acids is 1. The lowest BCUT2D eigenvalue weighted by Gasteiger charge is -2.23. The highest BCUT2D eigenvalue weighted by Gasteiger charge is 2.11. The highest BCUT2D eigenvalue weighted by molar-refractivity contribution is 5.62. The number of hydrogen-bond acceptors (Lipinski definition) is 3. The van der Waals surface area contributed by atoms with Gasteiger partial charge in [0.15, 0.2) is 0 Å². The van der Waals surface area contributed by atoms with Gasteiger partial charge in [0.05, 0.1) is 0 Å². The van der Waals surface area contributed by atoms with Crippen LogP contribution in [0.15, 0.2) is 24.3 Å². The number of fused-ring (bicyclic) bond motifs is 1. The Labute approximate surface area is 89.3 Å². The molecule has 0 aromatic heterocycles. The van der Waals surface area contributed by atoms with Gasteiger partial charge >= 0.3 is 0 Å². The Morgan fingerprint density at radius 3 is 2.53 bits per heavy atom. The van der Waals surface area contributed by atoms with E-state index in [9.17, 15) is 0 Å². The van der Waals surface area contributed by atoms with Crippen LogP contribution in [-0.2, 0) is 17.8 Å². The maximum atomic E-state index is 9.00. The van der Waals surface area contributed by atoms with Crippen molar-refractivity contribution in [1.29, 1.82) is 0 Å². The molecule has 0 saturated carbocycles. The number of benzene rings is 1. The fourth-order valence-corrected chi connectivity index (χ4v) is 1.52. The van der Waals surface area contributed by atoms with Gasteiger partial charge in [0.25, 0.3) is 5.97 Å². The van der Waals surface area contributed by atoms with Crippen LogP contribution in [0, 0.1) is 0 Å². The molecule has 1 aromatic rings. The van der Waals surface area contributed by atoms with E-state index >= 15 is 0 Å². The third-order valence-corrected chi connectivity index (χ3v) is 2.16. The Kier molecular flexibility index (Phi) is 4.27. The normalized spacial score (nSPS) is 14.8. The fraction of sp³-hybridized carbons (Fsp3) is 0.364. The second-order valence-corrected chi connectivity index (χ2v) is 3.51. The molecule has 4 heteroatoms. The molecule has 1 aromatic carbocycles. The van der Waals surface area contributed by atoms with Crippen molar-refractivity contribution < 1.29 is 9.90 Å². The van der Waals surface area contributed by atoms with E-state index in [1.165, 1.54) is 11.1 Å². The lowest BCUT2D eigenvalue weighted by atomic mass is 10.0. The average Bonchev–Trinajstić information content (AvgIpc) is 2.16. The van der Waals surface area contributed by atoms with Gasteiger partial charge in [-0.25, -0.2) is 5.01 Å². The van der Waals surface area contributed by atoms with Crippen molar-refractivity contribution >= 4 is 5.97 Å². The van der Waals surface area contributed by atoms with Gasteiger partial charge in [-0.1, -0.05) is 24.3 Å². The van der Waals surface area contributed by atoms with Crippen molar-refractivity contribution in [3.63, 3.8) is 0 Å². The molecule has 0 spiro atoms. The molecule has 1 aliphatic heterocycles. The van der Waals surface area contributed by atoms with Crippen LogP contribution in [0.5, 0.6) is 0 Å². The first-order valence-electron chi connectivity index (χ1n) is 4.85. The predicted molar refractivity (Wildman–Crippen MR) is 58.1 cm³/mol. The van der Waals surface area contributed by atoms with Crippen molar-refractivity contribution in [2.75, 3.05) is 6.54 Å². The van der Waals surface area contributed by atoms with Gasteiger partial charge in [-0.3, -0.25) is 10.6 Å². The molecule has 0 radical (unpaired) electrons. The summed E-state index contributed by atoms with van der Waals surface area (Å²) in [4.78, 5) is 9.00. The number of hydrogen-bond donors (Lipinski definition) is 2. The second kappa shape index (κ2) is 5.48. The van der Waals surface area contributed by atoms with Gasteiger partial charge in [0.1, 0.15) is 0 Å². The minimum Gasteiger partial charge on any atom is -0.481 e. The number of hydrazine groups is 1. The van der Waals surface area contributed by atoms with E-state index in [4.69, 9.17) is 15.7 Å². The Hall–Kier alpha value is -1.39. The molecule has 15 heavy (non-hydrogen) atoms. The molecule has 0 aliphatic carbocycles. The van der Waals surface area contributed by atoms with Crippen LogP contribution in [0.4, 0.5) is 0 Å². The molecule has 82 valence electrons. The quantitative estimate of drug-likeness (QED) is 0.624. The Bertz CT molecular complexity index is 335. The molecule has 0 fully saturated rings. The van der Waals surface area contributed by atoms with Gasteiger partial charge in [0, 0.05) is 20.0 Å². The van der Waals surface area contributed by atoms with Gasteiger partial charge in [0.2, 0.25) is 0 Å². The maximum absolute atomic E-state index is 9.00. The van der Waals surface area contributed by atoms with Gasteiger partial charge in [-0.15, -0.1) is 0 Å². The summed E-state index contributed by atoms with van der Waals surface area (Å²) in [5.74, 6) is 4.85. The zero-order chi connectivity index (χ0) is 11.3. The molecular weight excluding hydrogens is 192 g/mol. The first-order valence-corrected chi connectivity index (χ1v) is 4.85. The van der Waals surface area contributed by atoms with E-state index in [-0.39, 0.29) is 0 Å². The van der Waals surface area contributed by atoms with Crippen LogP contribution in [0.3, 0.4) is 0 Å². The van der Waals surface area contributed by atoms with E-state index in [1.54, 1.807) is 0 Å². The number of carboxylic acids is 1. The van der Waals surface area contributed by atoms with Crippen molar-refractivity contribution in [1.82, 2.24) is 5.01 Å². The third-order valence-electron chi connectivity index (χ3n) is 2.16. The summed E-state index contributed by atoms with van der Waals surface area (Å²) < 4.78 is 0. The SMILES string of the molecule is CC(=O)O.NN1CCc2ccccc2C1. The molecular formula is C11H16N2O2. The third kappa shape index (κ3) is 4.10. The van der Waals surface area contributed by atoms with Gasteiger partial charge in [-0.2, -0.15) is 0 Å². The summed E-state index contributed by atoms with van der Waals surface area (Å²) in [6.45, 7) is 2.97. The fourth-order valence-electron chi connectivity index (χ4n) is 1.52. The summed E-state index contributed by atoms with van der Waals surface area (Å²) in [6.07, 6.45) is 1.09. The molecule has 2 rings (SSSR count). The molecule has 3 N–H and O–H groups in total. The first kappa shape index (κ1) is 11.7. The van der Waals surface area contributed by atoms with Crippen LogP contribution < -0.4 is 5.84 Å². The Morgan fingerprint density at radius 1 is 1.40 bits per heavy atom. The highest BCUT2D eigenvalue weighted by Crippen LogP contribution is 2.15. The largest absolute Gasteiger partial charge is 0.481 e. The van der Waals surface area contributed by atoms with Crippen LogP contribution in [-0.4, -0.2) is 22.6 Å². The van der Waals surface area contributed by atoms with Crippen molar-refractivity contribution in [3.8, 4) is 0 Å². The Balaban J connectivity index is 0.000000245. The highest BCUT2D eigenvalue weighted by atomic mass is 16.4. The zero-order valence-electron chi connectivity index (χ0n) is 8.81. The summed E-state index contributed by atoms with van der Waals surface area (Å²) >= 11 is 0. The summed E-state index contributed by atoms with van der Waals surface area (Å²) in [6, 6.07) is 8.49. The summed E-state index contributed by atoms with van der Waals surface area (Å²) in [7, 11) is 0.